The van der Waals surface area contributed by atoms with Crippen molar-refractivity contribution < 1.29 is 14.2 Å². The van der Waals surface area contributed by atoms with E-state index in [0.717, 1.165) is 11.6 Å². The Balaban J connectivity index is 2.16. The summed E-state index contributed by atoms with van der Waals surface area (Å²) in [4.78, 5) is 0. The molecule has 0 fully saturated rings. The van der Waals surface area contributed by atoms with Crippen molar-refractivity contribution in [2.75, 3.05) is 0 Å². The van der Waals surface area contributed by atoms with Crippen LogP contribution in [0.4, 0.5) is 4.39 Å². The highest BCUT2D eigenvalue weighted by atomic mass is 19.1. The predicted molar refractivity (Wildman–Crippen MR) is 72.9 cm³/mol. The zero-order valence-electron chi connectivity index (χ0n) is 11.0. The average molecular weight is 271 g/mol. The Labute approximate surface area is 116 Å². The minimum Gasteiger partial charge on any atom is -0.454 e. The van der Waals surface area contributed by atoms with Crippen molar-refractivity contribution in [3.8, 4) is 17.6 Å². The monoisotopic (exact) mass is 271 g/mol. The zero-order chi connectivity index (χ0) is 14.5. The summed E-state index contributed by atoms with van der Waals surface area (Å²) in [6.45, 7) is 1.89. The molecule has 2 rings (SSSR count). The van der Waals surface area contributed by atoms with Crippen LogP contribution in [0.5, 0.6) is 11.5 Å². The second-order valence-corrected chi connectivity index (χ2v) is 4.35. The highest BCUT2D eigenvalue weighted by Crippen LogP contribution is 2.26. The molecule has 0 radical (unpaired) electrons. The molecule has 0 saturated carbocycles. The number of aliphatic hydroxyl groups is 1. The van der Waals surface area contributed by atoms with Gasteiger partial charge in [-0.05, 0) is 42.3 Å². The Kier molecular flexibility index (Phi) is 4.34. The summed E-state index contributed by atoms with van der Waals surface area (Å²) in [7, 11) is 0. The van der Waals surface area contributed by atoms with E-state index in [1.54, 1.807) is 24.3 Å². The summed E-state index contributed by atoms with van der Waals surface area (Å²) < 4.78 is 19.1. The standard InChI is InChI=1S/C16H14FNO2/c1-2-15(19)12-4-6-13(7-5-12)20-16-8-3-11(10-18)9-14(16)17/h3-9,15,19H,2H2,1H3. The Morgan fingerprint density at radius 1 is 1.25 bits per heavy atom. The van der Waals surface area contributed by atoms with Crippen LogP contribution < -0.4 is 4.74 Å². The van der Waals surface area contributed by atoms with E-state index in [-0.39, 0.29) is 11.3 Å². The minimum atomic E-state index is -0.582. The van der Waals surface area contributed by atoms with Crippen LogP contribution in [0.15, 0.2) is 42.5 Å². The zero-order valence-corrected chi connectivity index (χ0v) is 11.0. The third-order valence-electron chi connectivity index (χ3n) is 2.94. The maximum absolute atomic E-state index is 13.7. The second kappa shape index (κ2) is 6.18. The summed E-state index contributed by atoms with van der Waals surface area (Å²) in [5.74, 6) is -0.0461. The van der Waals surface area contributed by atoms with Crippen molar-refractivity contribution in [1.29, 1.82) is 5.26 Å². The Morgan fingerprint density at radius 2 is 1.95 bits per heavy atom. The van der Waals surface area contributed by atoms with E-state index in [0.29, 0.717) is 12.2 Å². The minimum absolute atomic E-state index is 0.0628. The number of benzene rings is 2. The molecule has 1 unspecified atom stereocenters. The molecule has 4 heteroatoms. The van der Waals surface area contributed by atoms with Gasteiger partial charge in [-0.15, -0.1) is 0 Å². The van der Waals surface area contributed by atoms with E-state index in [9.17, 15) is 9.50 Å². The lowest BCUT2D eigenvalue weighted by atomic mass is 10.1. The number of hydrogen-bond acceptors (Lipinski definition) is 3. The molecule has 0 aliphatic carbocycles. The van der Waals surface area contributed by atoms with Crippen molar-refractivity contribution in [3.63, 3.8) is 0 Å². The fourth-order valence-electron chi connectivity index (χ4n) is 1.77. The van der Waals surface area contributed by atoms with Crippen LogP contribution in [0.1, 0.15) is 30.6 Å². The number of hydrogen-bond donors (Lipinski definition) is 1. The van der Waals surface area contributed by atoms with E-state index < -0.39 is 11.9 Å². The summed E-state index contributed by atoms with van der Waals surface area (Å²) in [5.41, 5.74) is 1.04. The summed E-state index contributed by atoms with van der Waals surface area (Å²) >= 11 is 0. The molecule has 1 N–H and O–H groups in total. The van der Waals surface area contributed by atoms with E-state index >= 15 is 0 Å². The first-order valence-electron chi connectivity index (χ1n) is 6.29. The largest absolute Gasteiger partial charge is 0.454 e. The van der Waals surface area contributed by atoms with Gasteiger partial charge in [0.15, 0.2) is 11.6 Å². The molecule has 3 nitrogen and oxygen atoms in total. The van der Waals surface area contributed by atoms with Crippen molar-refractivity contribution in [2.24, 2.45) is 0 Å². The second-order valence-electron chi connectivity index (χ2n) is 4.35. The van der Waals surface area contributed by atoms with Crippen molar-refractivity contribution in [2.45, 2.75) is 19.4 Å². The van der Waals surface area contributed by atoms with Crippen molar-refractivity contribution >= 4 is 0 Å². The molecule has 0 spiro atoms. The van der Waals surface area contributed by atoms with Gasteiger partial charge in [0.25, 0.3) is 0 Å². The van der Waals surface area contributed by atoms with Gasteiger partial charge in [-0.1, -0.05) is 19.1 Å². The highest BCUT2D eigenvalue weighted by molar-refractivity contribution is 5.39. The lowest BCUT2D eigenvalue weighted by molar-refractivity contribution is 0.173. The number of halogens is 1. The molecular weight excluding hydrogens is 257 g/mol. The molecule has 0 amide bonds. The quantitative estimate of drug-likeness (QED) is 0.916. The SMILES string of the molecule is CCC(O)c1ccc(Oc2ccc(C#N)cc2F)cc1. The van der Waals surface area contributed by atoms with Gasteiger partial charge in [0, 0.05) is 0 Å². The van der Waals surface area contributed by atoms with E-state index in [4.69, 9.17) is 10.00 Å². The highest BCUT2D eigenvalue weighted by Gasteiger charge is 2.08. The molecule has 20 heavy (non-hydrogen) atoms. The number of nitrogens with zero attached hydrogens (tertiary/aromatic N) is 1. The van der Waals surface area contributed by atoms with Gasteiger partial charge >= 0.3 is 0 Å². The van der Waals surface area contributed by atoms with Crippen LogP contribution in [0.2, 0.25) is 0 Å². The summed E-state index contributed by atoms with van der Waals surface area (Å²) in [5, 5.41) is 18.3. The Hall–Kier alpha value is -2.38. The van der Waals surface area contributed by atoms with Crippen LogP contribution in [-0.2, 0) is 0 Å². The number of aliphatic hydroxyl groups excluding tert-OH is 1. The van der Waals surface area contributed by atoms with Crippen molar-refractivity contribution in [3.05, 3.63) is 59.4 Å². The fraction of sp³-hybridized carbons (Fsp3) is 0.188. The van der Waals surface area contributed by atoms with E-state index in [1.165, 1.54) is 12.1 Å². The van der Waals surface area contributed by atoms with Gasteiger partial charge < -0.3 is 9.84 Å². The third-order valence-corrected chi connectivity index (χ3v) is 2.94. The topological polar surface area (TPSA) is 53.2 Å². The molecule has 2 aromatic rings. The molecule has 102 valence electrons. The molecule has 0 aliphatic rings. The smallest absolute Gasteiger partial charge is 0.167 e. The molecule has 0 bridgehead atoms. The summed E-state index contributed by atoms with van der Waals surface area (Å²) in [6, 6.07) is 12.7. The number of ether oxygens (including phenoxy) is 1. The fourth-order valence-corrected chi connectivity index (χ4v) is 1.77. The number of rotatable bonds is 4. The Morgan fingerprint density at radius 3 is 2.50 bits per heavy atom. The molecule has 0 aromatic heterocycles. The third kappa shape index (κ3) is 3.14. The summed E-state index contributed by atoms with van der Waals surface area (Å²) in [6.07, 6.45) is 0.125. The van der Waals surface area contributed by atoms with Crippen LogP contribution in [0.3, 0.4) is 0 Å². The number of nitriles is 1. The normalized spacial score (nSPS) is 11.7. The lowest BCUT2D eigenvalue weighted by Gasteiger charge is -2.10. The van der Waals surface area contributed by atoms with E-state index in [2.05, 4.69) is 0 Å². The van der Waals surface area contributed by atoms with Gasteiger partial charge in [-0.3, -0.25) is 0 Å². The van der Waals surface area contributed by atoms with Crippen LogP contribution in [0, 0.1) is 17.1 Å². The van der Waals surface area contributed by atoms with Gasteiger partial charge in [0.05, 0.1) is 17.7 Å². The average Bonchev–Trinajstić information content (AvgIpc) is 2.49. The van der Waals surface area contributed by atoms with Gasteiger partial charge in [0.2, 0.25) is 0 Å². The predicted octanol–water partition coefficient (Wildman–Crippen LogP) is 3.93. The van der Waals surface area contributed by atoms with Gasteiger partial charge in [0.1, 0.15) is 5.75 Å². The van der Waals surface area contributed by atoms with Gasteiger partial charge in [-0.25, -0.2) is 4.39 Å². The maximum Gasteiger partial charge on any atom is 0.167 e. The Bertz CT molecular complexity index is 632. The van der Waals surface area contributed by atoms with Crippen LogP contribution >= 0.6 is 0 Å². The first kappa shape index (κ1) is 14.0. The lowest BCUT2D eigenvalue weighted by Crippen LogP contribution is -1.95. The van der Waals surface area contributed by atoms with Gasteiger partial charge in [-0.2, -0.15) is 5.26 Å². The van der Waals surface area contributed by atoms with Crippen LogP contribution in [-0.4, -0.2) is 5.11 Å². The molecular formula is C16H14FNO2. The molecule has 0 aliphatic heterocycles. The first-order valence-corrected chi connectivity index (χ1v) is 6.29. The molecule has 2 aromatic carbocycles. The first-order chi connectivity index (χ1) is 9.63. The van der Waals surface area contributed by atoms with E-state index in [1.807, 2.05) is 13.0 Å². The van der Waals surface area contributed by atoms with Crippen LogP contribution in [0.25, 0.3) is 0 Å². The molecule has 0 heterocycles. The molecule has 0 saturated heterocycles. The van der Waals surface area contributed by atoms with Crippen molar-refractivity contribution in [1.82, 2.24) is 0 Å². The molecule has 1 atom stereocenters. The maximum atomic E-state index is 13.7.